The van der Waals surface area contributed by atoms with Gasteiger partial charge in [-0.15, -0.1) is 27.8 Å². The van der Waals surface area contributed by atoms with E-state index in [9.17, 15) is 34.5 Å². The third-order valence-electron chi connectivity index (χ3n) is 9.60. The van der Waals surface area contributed by atoms with Gasteiger partial charge in [-0.1, -0.05) is 35.5 Å². The molecule has 61 heavy (non-hydrogen) atoms. The van der Waals surface area contributed by atoms with Gasteiger partial charge in [-0.3, -0.25) is 20.3 Å². The number of carboxylic acid groups (broad SMARTS) is 1. The third-order valence-corrected chi connectivity index (χ3v) is 12.5. The van der Waals surface area contributed by atoms with Crippen molar-refractivity contribution in [2.45, 2.75) is 48.5 Å². The molecule has 0 bridgehead atoms. The number of amides is 2. The molecule has 3 aliphatic rings. The summed E-state index contributed by atoms with van der Waals surface area (Å²) in [6.07, 6.45) is 4.30. The number of phenols is 2. The molecule has 0 radical (unpaired) electrons. The number of thiazole rings is 1. The van der Waals surface area contributed by atoms with Crippen molar-refractivity contribution in [1.82, 2.24) is 20.2 Å². The van der Waals surface area contributed by atoms with Crippen LogP contribution in [0.3, 0.4) is 0 Å². The van der Waals surface area contributed by atoms with Crippen molar-refractivity contribution < 1.29 is 65.9 Å². The molecule has 1 aliphatic carbocycles. The summed E-state index contributed by atoms with van der Waals surface area (Å²) in [5.74, 6) is 3.13. The van der Waals surface area contributed by atoms with Crippen molar-refractivity contribution in [1.29, 1.82) is 0 Å². The molecule has 3 atom stereocenters. The SMILES string of the molecule is COc1ccc(COC(=O)C2=C(/C=C/CSc3nc(N)c4c([n+]3N)CCC4)CS[C@@H]3[C@H](NC(=O)/C(=N\OC(C(=O)O)c4ccc(O)c(O)c4)c4csc(N)n4)C(=O)N23)cc1.[Cl-]. The second-order valence-corrected chi connectivity index (χ2v) is 16.4. The van der Waals surface area contributed by atoms with E-state index < -0.39 is 58.5 Å². The van der Waals surface area contributed by atoms with Gasteiger partial charge in [-0.05, 0) is 65.0 Å². The van der Waals surface area contributed by atoms with Crippen molar-refractivity contribution >= 4 is 75.3 Å². The van der Waals surface area contributed by atoms with Gasteiger partial charge in [0.25, 0.3) is 11.8 Å². The Morgan fingerprint density at radius 2 is 1.90 bits per heavy atom. The number of aromatic hydroxyl groups is 2. The van der Waals surface area contributed by atoms with Crippen molar-refractivity contribution in [3.05, 3.63) is 99.3 Å². The van der Waals surface area contributed by atoms with E-state index in [-0.39, 0.29) is 46.9 Å². The minimum atomic E-state index is -1.83. The highest BCUT2D eigenvalue weighted by Gasteiger charge is 2.54. The highest BCUT2D eigenvalue weighted by molar-refractivity contribution is 8.00. The maximum absolute atomic E-state index is 13.9. The van der Waals surface area contributed by atoms with Crippen LogP contribution in [0.1, 0.15) is 40.6 Å². The van der Waals surface area contributed by atoms with Gasteiger partial charge in [0, 0.05) is 28.9 Å². The van der Waals surface area contributed by atoms with E-state index in [1.165, 1.54) is 47.0 Å². The largest absolute Gasteiger partial charge is 1.00 e. The van der Waals surface area contributed by atoms with E-state index in [2.05, 4.69) is 20.4 Å². The molecule has 19 nitrogen and oxygen atoms in total. The minimum absolute atomic E-state index is 0. The first-order chi connectivity index (χ1) is 28.8. The fourth-order valence-corrected chi connectivity index (χ4v) is 9.21. The molecule has 2 aromatic carbocycles. The molecule has 0 saturated carbocycles. The highest BCUT2D eigenvalue weighted by atomic mass is 35.5. The number of benzene rings is 2. The minimum Gasteiger partial charge on any atom is -1.00 e. The lowest BCUT2D eigenvalue weighted by Gasteiger charge is -2.49. The van der Waals surface area contributed by atoms with Crippen LogP contribution in [0.25, 0.3) is 0 Å². The van der Waals surface area contributed by atoms with Gasteiger partial charge in [-0.2, -0.15) is 0 Å². The zero-order chi connectivity index (χ0) is 42.7. The average molecular weight is 912 g/mol. The number of carbonyl (C=O) groups excluding carboxylic acids is 3. The van der Waals surface area contributed by atoms with E-state index in [1.54, 1.807) is 35.0 Å². The Morgan fingerprint density at radius 3 is 2.59 bits per heavy atom. The topological polar surface area (TPSA) is 292 Å². The number of carboxylic acids is 1. The molecule has 2 aliphatic heterocycles. The Balaban J connectivity index is 0.00000622. The molecular formula is C38H38ClN9O10S3. The number of hydrogen-bond acceptors (Lipinski definition) is 18. The molecule has 320 valence electrons. The summed E-state index contributed by atoms with van der Waals surface area (Å²) >= 11 is 3.63. The number of allylic oxidation sites excluding steroid dienone is 1. The number of nitrogens with two attached hydrogens (primary N) is 3. The third kappa shape index (κ3) is 9.41. The Bertz CT molecular complexity index is 2470. The Labute approximate surface area is 366 Å². The van der Waals surface area contributed by atoms with Crippen molar-refractivity contribution in [2.75, 3.05) is 35.9 Å². The van der Waals surface area contributed by atoms with Crippen LogP contribution < -0.4 is 44.4 Å². The molecule has 10 N–H and O–H groups in total. The van der Waals surface area contributed by atoms with E-state index in [1.807, 2.05) is 6.08 Å². The fourth-order valence-electron chi connectivity index (χ4n) is 6.59. The first-order valence-corrected chi connectivity index (χ1v) is 21.0. The van der Waals surface area contributed by atoms with Gasteiger partial charge in [-0.25, -0.2) is 14.6 Å². The van der Waals surface area contributed by atoms with Crippen LogP contribution in [0.15, 0.2) is 81.6 Å². The average Bonchev–Trinajstić information content (AvgIpc) is 3.92. The van der Waals surface area contributed by atoms with Gasteiger partial charge in [0.15, 0.2) is 22.3 Å². The number of phenolic OH excluding ortho intramolecular Hbond substituents is 2. The number of fused-ring (bicyclic) bond motifs is 2. The normalized spacial score (nSPS) is 17.5. The molecule has 2 aromatic heterocycles. The van der Waals surface area contributed by atoms with Crippen LogP contribution in [0.5, 0.6) is 17.2 Å². The van der Waals surface area contributed by atoms with Crippen molar-refractivity contribution in [2.24, 2.45) is 5.16 Å². The standard InChI is InChI=1S/C38H37N9O10S3.ClH/c1-55-21-10-7-18(8-11-21)15-56-36(54)29-20(4-3-13-58-38-44-31(39)22-5-2-6-24(22)47(38)41)16-59-34-28(33(51)46(29)34)43-32(50)27(23-17-60-37(40)42-23)45-57-30(35(52)53)19-9-12-25(48)26(49)14-19;/h3-4,7-12,14,17,28,30,34,39H,2,5-6,13,15-16,41H2,1H3,(H6,40,42,43,45,48,49,50,52,53);1H/b4-3+;/t28-,30?,34-;/m1./s1. The summed E-state index contributed by atoms with van der Waals surface area (Å²) in [5, 5.41) is 37.2. The summed E-state index contributed by atoms with van der Waals surface area (Å²) in [6.45, 7) is -0.0984. The van der Waals surface area contributed by atoms with Gasteiger partial charge < -0.3 is 58.8 Å². The van der Waals surface area contributed by atoms with Crippen LogP contribution in [0.2, 0.25) is 0 Å². The monoisotopic (exact) mass is 911 g/mol. The summed E-state index contributed by atoms with van der Waals surface area (Å²) in [5.41, 5.74) is 14.5. The molecule has 7 rings (SSSR count). The molecular weight excluding hydrogens is 874 g/mol. The first kappa shape index (κ1) is 44.3. The molecule has 1 unspecified atom stereocenters. The van der Waals surface area contributed by atoms with Gasteiger partial charge in [0.2, 0.25) is 11.9 Å². The number of thioether (sulfide) groups is 2. The predicted octanol–water partition coefficient (Wildman–Crippen LogP) is -1.09. The quantitative estimate of drug-likeness (QED) is 0.00858. The number of oxime groups is 1. The molecule has 4 aromatic rings. The van der Waals surface area contributed by atoms with Crippen LogP contribution in [-0.2, 0) is 48.2 Å². The summed E-state index contributed by atoms with van der Waals surface area (Å²) < 4.78 is 12.5. The molecule has 2 amide bonds. The van der Waals surface area contributed by atoms with Gasteiger partial charge >= 0.3 is 17.1 Å². The Kier molecular flexibility index (Phi) is 13.8. The number of aliphatic carboxylic acids is 1. The number of carbonyl (C=O) groups is 4. The lowest BCUT2D eigenvalue weighted by atomic mass is 10.0. The first-order valence-electron chi connectivity index (χ1n) is 18.1. The zero-order valence-corrected chi connectivity index (χ0v) is 35.2. The number of ether oxygens (including phenoxy) is 2. The molecule has 23 heteroatoms. The predicted molar refractivity (Wildman–Crippen MR) is 220 cm³/mol. The summed E-state index contributed by atoms with van der Waals surface area (Å²) in [7, 11) is 1.54. The maximum Gasteiger partial charge on any atom is 0.385 e. The number of anilines is 2. The zero-order valence-electron chi connectivity index (χ0n) is 32.0. The highest BCUT2D eigenvalue weighted by Crippen LogP contribution is 2.41. The van der Waals surface area contributed by atoms with Crippen LogP contribution in [0, 0.1) is 0 Å². The molecule has 1 fully saturated rings. The number of esters is 1. The number of β-lactam (4-membered cyclic amide) rings is 1. The second-order valence-electron chi connectivity index (χ2n) is 13.4. The van der Waals surface area contributed by atoms with E-state index in [0.717, 1.165) is 54.0 Å². The number of halogens is 1. The smallest absolute Gasteiger partial charge is 0.385 e. The van der Waals surface area contributed by atoms with Gasteiger partial charge in [0.05, 0.1) is 12.7 Å². The number of nitrogen functional groups attached to an aromatic ring is 3. The fraction of sp³-hybridized carbons (Fsp3) is 0.263. The number of rotatable bonds is 15. The van der Waals surface area contributed by atoms with E-state index in [4.69, 9.17) is 31.6 Å². The van der Waals surface area contributed by atoms with Crippen molar-refractivity contribution in [3.8, 4) is 17.2 Å². The number of aromatic nitrogens is 3. The molecule has 4 heterocycles. The Hall–Kier alpha value is -6.23. The van der Waals surface area contributed by atoms with Crippen LogP contribution in [-0.4, -0.2) is 89.7 Å². The van der Waals surface area contributed by atoms with Gasteiger partial charge in [0.1, 0.15) is 40.9 Å². The maximum atomic E-state index is 13.9. The van der Waals surface area contributed by atoms with Crippen molar-refractivity contribution in [3.63, 3.8) is 0 Å². The lowest BCUT2D eigenvalue weighted by Crippen LogP contribution is -3.00. The molecule has 1 saturated heterocycles. The van der Waals surface area contributed by atoms with E-state index >= 15 is 0 Å². The van der Waals surface area contributed by atoms with Crippen LogP contribution >= 0.6 is 34.9 Å². The molecule has 0 spiro atoms. The Morgan fingerprint density at radius 1 is 1.13 bits per heavy atom. The number of methoxy groups -OCH3 is 1. The number of hydrogen-bond donors (Lipinski definition) is 7. The number of nitrogens with one attached hydrogen (secondary N) is 1. The summed E-state index contributed by atoms with van der Waals surface area (Å²) in [4.78, 5) is 68.9. The summed E-state index contributed by atoms with van der Waals surface area (Å²) in [6, 6.07) is 9.01. The van der Waals surface area contributed by atoms with E-state index in [0.29, 0.717) is 33.6 Å². The van der Waals surface area contributed by atoms with Crippen LogP contribution in [0.4, 0.5) is 10.9 Å². The number of nitrogens with zero attached hydrogens (tertiary/aromatic N) is 5. The second kappa shape index (κ2) is 19.0. The lowest BCUT2D eigenvalue weighted by molar-refractivity contribution is -0.689.